The Morgan fingerprint density at radius 3 is 2.78 bits per heavy atom. The quantitative estimate of drug-likeness (QED) is 0.580. The summed E-state index contributed by atoms with van der Waals surface area (Å²) in [6, 6.07) is 7.21. The molecule has 2 aliphatic heterocycles. The zero-order valence-electron chi connectivity index (χ0n) is 14.8. The maximum Gasteiger partial charge on any atom is 0.266 e. The van der Waals surface area contributed by atoms with Crippen molar-refractivity contribution in [2.75, 3.05) is 19.7 Å². The van der Waals surface area contributed by atoms with Crippen LogP contribution in [-0.4, -0.2) is 56.8 Å². The van der Waals surface area contributed by atoms with E-state index in [0.717, 1.165) is 24.8 Å². The van der Waals surface area contributed by atoms with E-state index in [1.807, 2.05) is 12.1 Å². The van der Waals surface area contributed by atoms with Gasteiger partial charge < -0.3 is 10.0 Å². The van der Waals surface area contributed by atoms with Crippen LogP contribution in [0.2, 0.25) is 5.02 Å². The highest BCUT2D eigenvalue weighted by Crippen LogP contribution is 2.33. The van der Waals surface area contributed by atoms with Crippen LogP contribution in [0, 0.1) is 0 Å². The number of thioether (sulfide) groups is 1. The summed E-state index contributed by atoms with van der Waals surface area (Å²) in [6.07, 6.45) is 5.22. The number of aliphatic hydroxyl groups is 1. The predicted molar refractivity (Wildman–Crippen MR) is 112 cm³/mol. The monoisotopic (exact) mass is 424 g/mol. The summed E-state index contributed by atoms with van der Waals surface area (Å²) >= 11 is 12.4. The largest absolute Gasteiger partial charge is 0.396 e. The number of hydrogen-bond acceptors (Lipinski definition) is 5. The third-order valence-electron chi connectivity index (χ3n) is 4.74. The number of rotatable bonds is 5. The molecular weight excluding hydrogens is 404 g/mol. The van der Waals surface area contributed by atoms with Crippen LogP contribution in [0.25, 0.3) is 6.08 Å². The Hall–Kier alpha value is -1.41. The van der Waals surface area contributed by atoms with Gasteiger partial charge in [0.25, 0.3) is 5.91 Å². The Kier molecular flexibility index (Phi) is 6.92. The molecule has 8 heteroatoms. The Labute approximate surface area is 173 Å². The maximum absolute atomic E-state index is 12.8. The Morgan fingerprint density at radius 1 is 1.33 bits per heavy atom. The molecule has 2 heterocycles. The average Bonchev–Trinajstić information content (AvgIpc) is 2.91. The van der Waals surface area contributed by atoms with Crippen molar-refractivity contribution in [1.82, 2.24) is 9.80 Å². The van der Waals surface area contributed by atoms with Crippen LogP contribution in [0.1, 0.15) is 31.2 Å². The summed E-state index contributed by atoms with van der Waals surface area (Å²) in [6.45, 7) is 0.669. The molecule has 2 fully saturated rings. The summed E-state index contributed by atoms with van der Waals surface area (Å²) in [4.78, 5) is 29.2. The number of aliphatic hydroxyl groups excluding tert-OH is 1. The van der Waals surface area contributed by atoms with Gasteiger partial charge in [-0.2, -0.15) is 0 Å². The minimum absolute atomic E-state index is 0.0410. The highest BCUT2D eigenvalue weighted by atomic mass is 35.5. The highest BCUT2D eigenvalue weighted by Gasteiger charge is 2.36. The van der Waals surface area contributed by atoms with Crippen LogP contribution >= 0.6 is 35.6 Å². The number of thiocarbonyl (C=S) groups is 1. The molecule has 2 amide bonds. The topological polar surface area (TPSA) is 60.9 Å². The molecule has 1 atom stereocenters. The number of halogens is 1. The second-order valence-corrected chi connectivity index (χ2v) is 8.68. The van der Waals surface area contributed by atoms with Gasteiger partial charge in [0.05, 0.1) is 4.91 Å². The molecular formula is C19H21ClN2O3S2. The van der Waals surface area contributed by atoms with E-state index < -0.39 is 0 Å². The van der Waals surface area contributed by atoms with Gasteiger partial charge in [0.1, 0.15) is 10.9 Å². The van der Waals surface area contributed by atoms with Crippen LogP contribution in [0.4, 0.5) is 0 Å². The van der Waals surface area contributed by atoms with Gasteiger partial charge in [-0.3, -0.25) is 14.5 Å². The van der Waals surface area contributed by atoms with Crippen LogP contribution in [-0.2, 0) is 9.59 Å². The standard InChI is InChI=1S/C19H21ClN2O3S2/c20-14-6-4-13(5-7-14)11-16-18(25)22(19(26)27-16)12-17(24)21-9-2-1-3-15(21)8-10-23/h4-7,11,15,23H,1-3,8-10,12H2/b16-11-/t15-/m1/s1. The van der Waals surface area contributed by atoms with Gasteiger partial charge in [-0.15, -0.1) is 0 Å². The second-order valence-electron chi connectivity index (χ2n) is 6.57. The normalized spacial score (nSPS) is 22.0. The zero-order chi connectivity index (χ0) is 19.4. The van der Waals surface area contributed by atoms with E-state index in [1.54, 1.807) is 23.1 Å². The third kappa shape index (κ3) is 4.90. The molecule has 0 aromatic heterocycles. The first kappa shape index (κ1) is 20.3. The minimum atomic E-state index is -0.246. The molecule has 0 unspecified atom stereocenters. The lowest BCUT2D eigenvalue weighted by atomic mass is 9.99. The Morgan fingerprint density at radius 2 is 2.07 bits per heavy atom. The fourth-order valence-corrected chi connectivity index (χ4v) is 4.73. The van der Waals surface area contributed by atoms with E-state index in [9.17, 15) is 14.7 Å². The molecule has 3 rings (SSSR count). The number of carbonyl (C=O) groups excluding carboxylic acids is 2. The number of carbonyl (C=O) groups is 2. The lowest BCUT2D eigenvalue weighted by molar-refractivity contribution is -0.138. The van der Waals surface area contributed by atoms with Crippen molar-refractivity contribution in [3.63, 3.8) is 0 Å². The van der Waals surface area contributed by atoms with Gasteiger partial charge in [-0.25, -0.2) is 0 Å². The van der Waals surface area contributed by atoms with Crippen molar-refractivity contribution in [2.45, 2.75) is 31.7 Å². The predicted octanol–water partition coefficient (Wildman–Crippen LogP) is 3.30. The number of likely N-dealkylation sites (tertiary alicyclic amines) is 1. The zero-order valence-corrected chi connectivity index (χ0v) is 17.2. The van der Waals surface area contributed by atoms with Gasteiger partial charge in [0.2, 0.25) is 5.91 Å². The Balaban J connectivity index is 1.69. The molecule has 2 saturated heterocycles. The van der Waals surface area contributed by atoms with Gasteiger partial charge in [0, 0.05) is 24.2 Å². The van der Waals surface area contributed by atoms with Crippen molar-refractivity contribution >= 4 is 57.8 Å². The molecule has 2 aliphatic rings. The molecule has 0 radical (unpaired) electrons. The van der Waals surface area contributed by atoms with E-state index in [4.69, 9.17) is 23.8 Å². The van der Waals surface area contributed by atoms with Crippen LogP contribution in [0.15, 0.2) is 29.2 Å². The Bertz CT molecular complexity index is 765. The summed E-state index contributed by atoms with van der Waals surface area (Å²) in [5, 5.41) is 9.87. The number of hydrogen-bond donors (Lipinski definition) is 1. The first-order valence-electron chi connectivity index (χ1n) is 8.91. The summed E-state index contributed by atoms with van der Waals surface area (Å²) in [5.41, 5.74) is 0.852. The number of piperidine rings is 1. The number of benzene rings is 1. The smallest absolute Gasteiger partial charge is 0.266 e. The van der Waals surface area contributed by atoms with Crippen LogP contribution in [0.5, 0.6) is 0 Å². The van der Waals surface area contributed by atoms with Crippen molar-refractivity contribution < 1.29 is 14.7 Å². The van der Waals surface area contributed by atoms with Gasteiger partial charge >= 0.3 is 0 Å². The number of nitrogens with zero attached hydrogens (tertiary/aromatic N) is 2. The lowest BCUT2D eigenvalue weighted by Crippen LogP contribution is -2.49. The van der Waals surface area contributed by atoms with Crippen LogP contribution in [0.3, 0.4) is 0 Å². The van der Waals surface area contributed by atoms with Gasteiger partial charge in [-0.1, -0.05) is 47.7 Å². The fourth-order valence-electron chi connectivity index (χ4n) is 3.35. The minimum Gasteiger partial charge on any atom is -0.396 e. The van der Waals surface area contributed by atoms with Crippen molar-refractivity contribution in [2.24, 2.45) is 0 Å². The third-order valence-corrected chi connectivity index (χ3v) is 6.37. The fraction of sp³-hybridized carbons (Fsp3) is 0.421. The van der Waals surface area contributed by atoms with Crippen molar-refractivity contribution in [3.05, 3.63) is 39.8 Å². The molecule has 27 heavy (non-hydrogen) atoms. The maximum atomic E-state index is 12.8. The average molecular weight is 425 g/mol. The van der Waals surface area contributed by atoms with E-state index in [0.29, 0.717) is 27.2 Å². The molecule has 144 valence electrons. The van der Waals surface area contributed by atoms with Gasteiger partial charge in [0.15, 0.2) is 0 Å². The first-order valence-corrected chi connectivity index (χ1v) is 10.5. The second kappa shape index (κ2) is 9.19. The first-order chi connectivity index (χ1) is 13.0. The molecule has 0 saturated carbocycles. The van der Waals surface area contributed by atoms with Crippen molar-refractivity contribution in [1.29, 1.82) is 0 Å². The highest BCUT2D eigenvalue weighted by molar-refractivity contribution is 8.26. The van der Waals surface area contributed by atoms with E-state index in [2.05, 4.69) is 0 Å². The summed E-state index contributed by atoms with van der Waals surface area (Å²) in [7, 11) is 0. The summed E-state index contributed by atoms with van der Waals surface area (Å²) in [5.74, 6) is -0.360. The van der Waals surface area contributed by atoms with Crippen molar-refractivity contribution in [3.8, 4) is 0 Å². The van der Waals surface area contributed by atoms with E-state index >= 15 is 0 Å². The van der Waals surface area contributed by atoms with Crippen LogP contribution < -0.4 is 0 Å². The molecule has 0 aliphatic carbocycles. The molecule has 1 N–H and O–H groups in total. The molecule has 1 aromatic carbocycles. The van der Waals surface area contributed by atoms with E-state index in [-0.39, 0.29) is 31.0 Å². The number of amides is 2. The molecule has 0 bridgehead atoms. The summed E-state index contributed by atoms with van der Waals surface area (Å²) < 4.78 is 0.393. The molecule has 0 spiro atoms. The SMILES string of the molecule is O=C1/C(=C/c2ccc(Cl)cc2)SC(=S)N1CC(=O)N1CCCC[C@@H]1CCO. The molecule has 1 aromatic rings. The van der Waals surface area contributed by atoms with Gasteiger partial charge in [-0.05, 0) is 49.5 Å². The lowest BCUT2D eigenvalue weighted by Gasteiger charge is -2.36. The molecule has 5 nitrogen and oxygen atoms in total. The van der Waals surface area contributed by atoms with E-state index in [1.165, 1.54) is 16.7 Å².